The van der Waals surface area contributed by atoms with Crippen molar-refractivity contribution in [3.63, 3.8) is 0 Å². The highest BCUT2D eigenvalue weighted by atomic mass is 16.5. The SMILES string of the molecule is C[C@H]1N[C@@H](c2ccccc2)c2c(ccc3ccccc23)O1. The highest BCUT2D eigenvalue weighted by Gasteiger charge is 2.27. The van der Waals surface area contributed by atoms with Gasteiger partial charge in [0.2, 0.25) is 0 Å². The molecule has 0 saturated heterocycles. The predicted molar refractivity (Wildman–Crippen MR) is 85.5 cm³/mol. The fraction of sp³-hybridized carbons (Fsp3) is 0.158. The number of ether oxygens (including phenoxy) is 1. The van der Waals surface area contributed by atoms with Gasteiger partial charge in [-0.05, 0) is 29.3 Å². The van der Waals surface area contributed by atoms with Crippen LogP contribution in [-0.4, -0.2) is 6.23 Å². The van der Waals surface area contributed by atoms with E-state index in [1.165, 1.54) is 21.9 Å². The molecule has 0 saturated carbocycles. The molecule has 0 unspecified atom stereocenters. The average molecular weight is 275 g/mol. The molecule has 1 aliphatic rings. The van der Waals surface area contributed by atoms with Crippen molar-refractivity contribution in [1.82, 2.24) is 5.32 Å². The third kappa shape index (κ3) is 2.08. The maximum absolute atomic E-state index is 5.98. The first-order valence-corrected chi connectivity index (χ1v) is 7.32. The summed E-state index contributed by atoms with van der Waals surface area (Å²) in [6, 6.07) is 23.4. The van der Waals surface area contributed by atoms with Gasteiger partial charge in [-0.2, -0.15) is 0 Å². The highest BCUT2D eigenvalue weighted by molar-refractivity contribution is 5.89. The Kier molecular flexibility index (Phi) is 2.90. The highest BCUT2D eigenvalue weighted by Crippen LogP contribution is 2.39. The average Bonchev–Trinajstić information content (AvgIpc) is 2.54. The Hall–Kier alpha value is -2.32. The summed E-state index contributed by atoms with van der Waals surface area (Å²) >= 11 is 0. The lowest BCUT2D eigenvalue weighted by molar-refractivity contribution is 0.150. The van der Waals surface area contributed by atoms with Crippen molar-refractivity contribution < 1.29 is 4.74 Å². The van der Waals surface area contributed by atoms with Gasteiger partial charge in [0.25, 0.3) is 0 Å². The van der Waals surface area contributed by atoms with E-state index in [4.69, 9.17) is 4.74 Å². The van der Waals surface area contributed by atoms with Crippen LogP contribution in [0.4, 0.5) is 0 Å². The Morgan fingerprint density at radius 2 is 1.62 bits per heavy atom. The van der Waals surface area contributed by atoms with Crippen molar-refractivity contribution in [2.75, 3.05) is 0 Å². The van der Waals surface area contributed by atoms with E-state index < -0.39 is 0 Å². The van der Waals surface area contributed by atoms with Crippen molar-refractivity contribution in [1.29, 1.82) is 0 Å². The van der Waals surface area contributed by atoms with E-state index in [0.29, 0.717) is 0 Å². The van der Waals surface area contributed by atoms with Crippen molar-refractivity contribution in [3.05, 3.63) is 77.9 Å². The minimum Gasteiger partial charge on any atom is -0.475 e. The van der Waals surface area contributed by atoms with E-state index in [9.17, 15) is 0 Å². The van der Waals surface area contributed by atoms with Gasteiger partial charge in [0, 0.05) is 5.56 Å². The van der Waals surface area contributed by atoms with Crippen LogP contribution in [-0.2, 0) is 0 Å². The van der Waals surface area contributed by atoms with Crippen molar-refractivity contribution in [3.8, 4) is 5.75 Å². The van der Waals surface area contributed by atoms with Crippen LogP contribution in [0.3, 0.4) is 0 Å². The molecule has 1 N–H and O–H groups in total. The van der Waals surface area contributed by atoms with Crippen LogP contribution in [0.5, 0.6) is 5.75 Å². The maximum atomic E-state index is 5.98. The van der Waals surface area contributed by atoms with Gasteiger partial charge in [0.05, 0.1) is 6.04 Å². The van der Waals surface area contributed by atoms with Crippen molar-refractivity contribution in [2.24, 2.45) is 0 Å². The standard InChI is InChI=1S/C19H17NO/c1-13-20-19(15-8-3-2-4-9-15)18-16-10-6-5-7-14(16)11-12-17(18)21-13/h2-13,19-20H,1H3/t13-,19-/m0/s1. The molecule has 3 aromatic rings. The molecule has 2 heteroatoms. The monoisotopic (exact) mass is 275 g/mol. The predicted octanol–water partition coefficient (Wildman–Crippen LogP) is 4.26. The number of rotatable bonds is 1. The summed E-state index contributed by atoms with van der Waals surface area (Å²) in [7, 11) is 0. The molecular weight excluding hydrogens is 258 g/mol. The van der Waals surface area contributed by atoms with Crippen LogP contribution in [0.2, 0.25) is 0 Å². The molecule has 1 aliphatic heterocycles. The third-order valence-electron chi connectivity index (χ3n) is 4.06. The second-order valence-electron chi connectivity index (χ2n) is 5.47. The quantitative estimate of drug-likeness (QED) is 0.716. The lowest BCUT2D eigenvalue weighted by Crippen LogP contribution is -2.39. The lowest BCUT2D eigenvalue weighted by atomic mass is 9.91. The Morgan fingerprint density at radius 1 is 0.857 bits per heavy atom. The summed E-state index contributed by atoms with van der Waals surface area (Å²) < 4.78 is 5.98. The van der Waals surface area contributed by atoms with E-state index in [2.05, 4.69) is 72.0 Å². The van der Waals surface area contributed by atoms with Gasteiger partial charge in [-0.1, -0.05) is 60.7 Å². The Morgan fingerprint density at radius 3 is 2.48 bits per heavy atom. The molecule has 0 radical (unpaired) electrons. The van der Waals surface area contributed by atoms with Gasteiger partial charge in [-0.15, -0.1) is 0 Å². The molecule has 2 atom stereocenters. The number of hydrogen-bond donors (Lipinski definition) is 1. The summed E-state index contributed by atoms with van der Waals surface area (Å²) in [6.45, 7) is 2.05. The van der Waals surface area contributed by atoms with E-state index in [1.807, 2.05) is 6.92 Å². The molecule has 0 spiro atoms. The van der Waals surface area contributed by atoms with Crippen LogP contribution in [0.1, 0.15) is 24.1 Å². The molecule has 0 aromatic heterocycles. The lowest BCUT2D eigenvalue weighted by Gasteiger charge is -2.33. The zero-order valence-corrected chi connectivity index (χ0v) is 11.9. The summed E-state index contributed by atoms with van der Waals surface area (Å²) in [4.78, 5) is 0. The molecule has 0 aliphatic carbocycles. The van der Waals surface area contributed by atoms with Crippen molar-refractivity contribution in [2.45, 2.75) is 19.2 Å². The normalized spacial score (nSPS) is 20.8. The van der Waals surface area contributed by atoms with E-state index in [0.717, 1.165) is 5.75 Å². The first-order chi connectivity index (χ1) is 10.3. The molecule has 0 fully saturated rings. The minimum absolute atomic E-state index is 0.00358. The number of benzene rings is 3. The summed E-state index contributed by atoms with van der Waals surface area (Å²) in [5.41, 5.74) is 2.50. The van der Waals surface area contributed by atoms with Crippen LogP contribution < -0.4 is 10.1 Å². The van der Waals surface area contributed by atoms with Gasteiger partial charge >= 0.3 is 0 Å². The molecule has 2 nitrogen and oxygen atoms in total. The third-order valence-corrected chi connectivity index (χ3v) is 4.06. The van der Waals surface area contributed by atoms with Gasteiger partial charge < -0.3 is 4.74 Å². The van der Waals surface area contributed by atoms with E-state index in [1.54, 1.807) is 0 Å². The van der Waals surface area contributed by atoms with Crippen molar-refractivity contribution >= 4 is 10.8 Å². The maximum Gasteiger partial charge on any atom is 0.148 e. The smallest absolute Gasteiger partial charge is 0.148 e. The number of hydrogen-bond acceptors (Lipinski definition) is 2. The Bertz CT molecular complexity index is 782. The van der Waals surface area contributed by atoms with Gasteiger partial charge in [-0.25, -0.2) is 0 Å². The van der Waals surface area contributed by atoms with Crippen LogP contribution in [0.25, 0.3) is 10.8 Å². The van der Waals surface area contributed by atoms with E-state index >= 15 is 0 Å². The van der Waals surface area contributed by atoms with Crippen LogP contribution in [0.15, 0.2) is 66.7 Å². The largest absolute Gasteiger partial charge is 0.475 e. The molecule has 3 aromatic carbocycles. The minimum atomic E-state index is 0.00358. The molecule has 1 heterocycles. The summed E-state index contributed by atoms with van der Waals surface area (Å²) in [5.74, 6) is 0.980. The topological polar surface area (TPSA) is 21.3 Å². The van der Waals surface area contributed by atoms with Crippen LogP contribution >= 0.6 is 0 Å². The molecule has 104 valence electrons. The molecule has 0 amide bonds. The van der Waals surface area contributed by atoms with Gasteiger partial charge in [0.1, 0.15) is 12.0 Å². The first kappa shape index (κ1) is 12.4. The zero-order valence-electron chi connectivity index (χ0n) is 11.9. The number of nitrogens with one attached hydrogen (secondary N) is 1. The van der Waals surface area contributed by atoms with Crippen LogP contribution in [0, 0.1) is 0 Å². The fourth-order valence-corrected chi connectivity index (χ4v) is 3.13. The molecule has 0 bridgehead atoms. The molecular formula is C19H17NO. The Balaban J connectivity index is 1.98. The second kappa shape index (κ2) is 4.90. The number of fused-ring (bicyclic) bond motifs is 3. The molecule has 21 heavy (non-hydrogen) atoms. The van der Waals surface area contributed by atoms with E-state index in [-0.39, 0.29) is 12.3 Å². The summed E-state index contributed by atoms with van der Waals surface area (Å²) in [6.07, 6.45) is 0.00358. The summed E-state index contributed by atoms with van der Waals surface area (Å²) in [5, 5.41) is 6.06. The second-order valence-corrected chi connectivity index (χ2v) is 5.47. The first-order valence-electron chi connectivity index (χ1n) is 7.32. The van der Waals surface area contributed by atoms with Gasteiger partial charge in [0.15, 0.2) is 0 Å². The van der Waals surface area contributed by atoms with Gasteiger partial charge in [-0.3, -0.25) is 5.32 Å². The fourth-order valence-electron chi connectivity index (χ4n) is 3.13. The molecule has 4 rings (SSSR count). The Labute approximate surface area is 124 Å². The zero-order chi connectivity index (χ0) is 14.2.